The predicted octanol–water partition coefficient (Wildman–Crippen LogP) is 2.39. The zero-order valence-corrected chi connectivity index (χ0v) is 11.6. The van der Waals surface area contributed by atoms with Gasteiger partial charge in [-0.05, 0) is 36.0 Å². The number of hydrogen-bond donors (Lipinski definition) is 1. The van der Waals surface area contributed by atoms with Gasteiger partial charge in [0.25, 0.3) is 0 Å². The molecule has 3 nitrogen and oxygen atoms in total. The Kier molecular flexibility index (Phi) is 2.75. The number of nitrogens with one attached hydrogen (secondary N) is 1. The highest BCUT2D eigenvalue weighted by Crippen LogP contribution is 2.37. The summed E-state index contributed by atoms with van der Waals surface area (Å²) in [6.45, 7) is 4.27. The monoisotopic (exact) mass is 265 g/mol. The summed E-state index contributed by atoms with van der Waals surface area (Å²) in [5, 5.41) is 3.45. The third-order valence-corrected chi connectivity index (χ3v) is 5.63. The van der Waals surface area contributed by atoms with Crippen molar-refractivity contribution in [3.63, 3.8) is 0 Å². The van der Waals surface area contributed by atoms with Gasteiger partial charge in [-0.1, -0.05) is 26.0 Å². The van der Waals surface area contributed by atoms with E-state index in [4.69, 9.17) is 0 Å². The molecule has 1 atom stereocenters. The highest BCUT2D eigenvalue weighted by Gasteiger charge is 2.37. The molecule has 0 radical (unpaired) electrons. The average Bonchev–Trinajstić information content (AvgIpc) is 3.06. The van der Waals surface area contributed by atoms with Crippen molar-refractivity contribution in [2.24, 2.45) is 0 Å². The van der Waals surface area contributed by atoms with Crippen LogP contribution in [-0.4, -0.2) is 20.2 Å². The van der Waals surface area contributed by atoms with E-state index in [1.165, 1.54) is 18.4 Å². The van der Waals surface area contributed by atoms with Crippen molar-refractivity contribution >= 4 is 9.84 Å². The van der Waals surface area contributed by atoms with Crippen LogP contribution < -0.4 is 5.32 Å². The van der Waals surface area contributed by atoms with E-state index in [1.807, 2.05) is 6.07 Å². The second kappa shape index (κ2) is 4.07. The quantitative estimate of drug-likeness (QED) is 0.912. The molecule has 1 saturated carbocycles. The van der Waals surface area contributed by atoms with Crippen LogP contribution in [-0.2, 0) is 9.84 Å². The van der Waals surface area contributed by atoms with Gasteiger partial charge >= 0.3 is 0 Å². The van der Waals surface area contributed by atoms with E-state index in [2.05, 4.69) is 25.2 Å². The average molecular weight is 265 g/mol. The van der Waals surface area contributed by atoms with E-state index >= 15 is 0 Å². The predicted molar refractivity (Wildman–Crippen MR) is 71.5 cm³/mol. The Hall–Kier alpha value is -0.870. The summed E-state index contributed by atoms with van der Waals surface area (Å²) in [6.07, 6.45) is 2.35. The fraction of sp³-hybridized carbons (Fsp3) is 0.571. The molecule has 0 bridgehead atoms. The van der Waals surface area contributed by atoms with Crippen LogP contribution in [0.25, 0.3) is 0 Å². The fourth-order valence-electron chi connectivity index (χ4n) is 2.55. The van der Waals surface area contributed by atoms with Crippen LogP contribution in [0.15, 0.2) is 23.1 Å². The van der Waals surface area contributed by atoms with Gasteiger partial charge in [0.05, 0.1) is 10.6 Å². The standard InChI is InChI=1S/C14H19NO2S/c1-9(2)10-3-6-14-12(7-10)13(8-18(14,16)17)15-11-4-5-11/h3,6-7,9,11,13,15H,4-5,8H2,1-2H3. The maximum absolute atomic E-state index is 12.1. The molecule has 98 valence electrons. The highest BCUT2D eigenvalue weighted by molar-refractivity contribution is 7.91. The van der Waals surface area contributed by atoms with Crippen LogP contribution in [0.3, 0.4) is 0 Å². The summed E-state index contributed by atoms with van der Waals surface area (Å²) in [4.78, 5) is 0.532. The van der Waals surface area contributed by atoms with Gasteiger partial charge < -0.3 is 5.32 Å². The molecule has 1 aliphatic heterocycles. The lowest BCUT2D eigenvalue weighted by atomic mass is 9.98. The van der Waals surface area contributed by atoms with Crippen molar-refractivity contribution in [2.75, 3.05) is 5.75 Å². The number of fused-ring (bicyclic) bond motifs is 1. The first-order valence-electron chi connectivity index (χ1n) is 6.60. The molecule has 1 N–H and O–H groups in total. The molecule has 1 aromatic carbocycles. The van der Waals surface area contributed by atoms with Crippen molar-refractivity contribution in [1.29, 1.82) is 0 Å². The highest BCUT2D eigenvalue weighted by atomic mass is 32.2. The molecule has 0 aromatic heterocycles. The van der Waals surface area contributed by atoms with Crippen LogP contribution in [0.1, 0.15) is 49.8 Å². The summed E-state index contributed by atoms with van der Waals surface area (Å²) < 4.78 is 24.2. The summed E-state index contributed by atoms with van der Waals surface area (Å²) in [6, 6.07) is 6.33. The minimum atomic E-state index is -3.08. The van der Waals surface area contributed by atoms with Gasteiger partial charge in [0.1, 0.15) is 0 Å². The van der Waals surface area contributed by atoms with Crippen molar-refractivity contribution in [2.45, 2.75) is 49.6 Å². The number of sulfone groups is 1. The van der Waals surface area contributed by atoms with Crippen LogP contribution in [0.5, 0.6) is 0 Å². The molecule has 0 saturated heterocycles. The molecular formula is C14H19NO2S. The lowest BCUT2D eigenvalue weighted by Crippen LogP contribution is -2.24. The first-order chi connectivity index (χ1) is 8.47. The zero-order chi connectivity index (χ0) is 12.9. The molecule has 18 heavy (non-hydrogen) atoms. The molecule has 3 rings (SSSR count). The molecule has 1 unspecified atom stereocenters. The van der Waals surface area contributed by atoms with Crippen LogP contribution in [0.2, 0.25) is 0 Å². The van der Waals surface area contributed by atoms with Gasteiger partial charge in [-0.15, -0.1) is 0 Å². The maximum atomic E-state index is 12.1. The molecule has 1 heterocycles. The smallest absolute Gasteiger partial charge is 0.180 e. The summed E-state index contributed by atoms with van der Waals surface area (Å²) >= 11 is 0. The molecule has 4 heteroatoms. The SMILES string of the molecule is CC(C)c1ccc2c(c1)C(NC1CC1)CS2(=O)=O. The molecule has 0 spiro atoms. The van der Waals surface area contributed by atoms with Crippen molar-refractivity contribution < 1.29 is 8.42 Å². The Labute approximate surface area is 109 Å². The summed E-state index contributed by atoms with van der Waals surface area (Å²) in [5.74, 6) is 0.653. The van der Waals surface area contributed by atoms with Crippen LogP contribution >= 0.6 is 0 Å². The second-order valence-corrected chi connectivity index (χ2v) is 7.73. The minimum absolute atomic E-state index is 0.00352. The largest absolute Gasteiger partial charge is 0.306 e. The van der Waals surface area contributed by atoms with Crippen LogP contribution in [0, 0.1) is 0 Å². The Morgan fingerprint density at radius 1 is 1.28 bits per heavy atom. The maximum Gasteiger partial charge on any atom is 0.180 e. The lowest BCUT2D eigenvalue weighted by Gasteiger charge is -2.13. The fourth-order valence-corrected chi connectivity index (χ4v) is 4.28. The normalized spacial score (nSPS) is 25.4. The minimum Gasteiger partial charge on any atom is -0.306 e. The first kappa shape index (κ1) is 12.2. The molecule has 1 aromatic rings. The lowest BCUT2D eigenvalue weighted by molar-refractivity contribution is 0.564. The third-order valence-electron chi connectivity index (χ3n) is 3.81. The van der Waals surface area contributed by atoms with E-state index in [9.17, 15) is 8.42 Å². The molecule has 1 fully saturated rings. The van der Waals surface area contributed by atoms with Crippen molar-refractivity contribution in [3.8, 4) is 0 Å². The van der Waals surface area contributed by atoms with Gasteiger partial charge in [-0.2, -0.15) is 0 Å². The van der Waals surface area contributed by atoms with E-state index < -0.39 is 9.84 Å². The van der Waals surface area contributed by atoms with Gasteiger partial charge in [-0.25, -0.2) is 8.42 Å². The zero-order valence-electron chi connectivity index (χ0n) is 10.8. The Bertz CT molecular complexity index is 573. The van der Waals surface area contributed by atoms with Gasteiger partial charge in [-0.3, -0.25) is 0 Å². The van der Waals surface area contributed by atoms with Crippen LogP contribution in [0.4, 0.5) is 0 Å². The molecular weight excluding hydrogens is 246 g/mol. The Balaban J connectivity index is 2.02. The van der Waals surface area contributed by atoms with Crippen molar-refractivity contribution in [3.05, 3.63) is 29.3 Å². The Morgan fingerprint density at radius 3 is 2.61 bits per heavy atom. The topological polar surface area (TPSA) is 46.2 Å². The second-order valence-electron chi connectivity index (χ2n) is 5.73. The molecule has 2 aliphatic rings. The van der Waals surface area contributed by atoms with E-state index in [1.54, 1.807) is 6.07 Å². The summed E-state index contributed by atoms with van der Waals surface area (Å²) in [5.41, 5.74) is 2.20. The Morgan fingerprint density at radius 2 is 2.00 bits per heavy atom. The van der Waals surface area contributed by atoms with Gasteiger partial charge in [0.15, 0.2) is 9.84 Å². The number of hydrogen-bond acceptors (Lipinski definition) is 3. The van der Waals surface area contributed by atoms with Crippen molar-refractivity contribution in [1.82, 2.24) is 5.32 Å². The number of benzene rings is 1. The summed E-state index contributed by atoms with van der Waals surface area (Å²) in [7, 11) is -3.08. The third kappa shape index (κ3) is 2.08. The van der Waals surface area contributed by atoms with Gasteiger partial charge in [0.2, 0.25) is 0 Å². The molecule has 1 aliphatic carbocycles. The van der Waals surface area contributed by atoms with Gasteiger partial charge in [0, 0.05) is 12.1 Å². The van der Waals surface area contributed by atoms with E-state index in [0.29, 0.717) is 16.9 Å². The number of rotatable bonds is 3. The first-order valence-corrected chi connectivity index (χ1v) is 8.25. The van der Waals surface area contributed by atoms with E-state index in [0.717, 1.165) is 5.56 Å². The molecule has 0 amide bonds. The van der Waals surface area contributed by atoms with E-state index in [-0.39, 0.29) is 11.8 Å².